The monoisotopic (exact) mass is 488 g/mol. The number of hydrogen-bond acceptors (Lipinski definition) is 5. The molecule has 0 fully saturated rings. The summed E-state index contributed by atoms with van der Waals surface area (Å²) in [5.41, 5.74) is -6.68. The molecule has 1 atom stereocenters. The highest BCUT2D eigenvalue weighted by atomic mass is 19.4. The van der Waals surface area contributed by atoms with E-state index in [1.165, 1.54) is 31.4 Å². The zero-order chi connectivity index (χ0) is 25.4. The largest absolute Gasteiger partial charge is 0.497 e. The minimum Gasteiger partial charge on any atom is -0.497 e. The summed E-state index contributed by atoms with van der Waals surface area (Å²) < 4.78 is 49.2. The molecule has 2 heterocycles. The van der Waals surface area contributed by atoms with E-state index in [1.807, 2.05) is 10.3 Å². The highest BCUT2D eigenvalue weighted by Crippen LogP contribution is 2.45. The lowest BCUT2D eigenvalue weighted by molar-refractivity contribution is -0.196. The number of alkyl halides is 3. The predicted octanol–water partition coefficient (Wildman–Crippen LogP) is 1.93. The van der Waals surface area contributed by atoms with Crippen LogP contribution in [0.5, 0.6) is 5.75 Å². The summed E-state index contributed by atoms with van der Waals surface area (Å²) in [6, 6.07) is 13.9. The van der Waals surface area contributed by atoms with Gasteiger partial charge in [0.05, 0.1) is 7.11 Å². The molecule has 35 heavy (non-hydrogen) atoms. The summed E-state index contributed by atoms with van der Waals surface area (Å²) in [6.07, 6.45) is -5.19. The number of anilines is 1. The molecule has 9 nitrogen and oxygen atoms in total. The average Bonchev–Trinajstić information content (AvgIpc) is 3.12. The third kappa shape index (κ3) is 4.07. The van der Waals surface area contributed by atoms with Crippen LogP contribution in [0, 0.1) is 0 Å². The molecule has 0 radical (unpaired) electrons. The van der Waals surface area contributed by atoms with Crippen molar-refractivity contribution < 1.29 is 27.5 Å². The second kappa shape index (κ2) is 8.78. The quantitative estimate of drug-likeness (QED) is 0.490. The molecule has 1 aromatic heterocycles. The van der Waals surface area contributed by atoms with Crippen LogP contribution in [-0.4, -0.2) is 34.7 Å². The Morgan fingerprint density at radius 3 is 2.31 bits per heavy atom. The summed E-state index contributed by atoms with van der Waals surface area (Å²) in [6.45, 7) is -0.136. The topological polar surface area (TPSA) is 122 Å². The molecule has 2 aromatic carbocycles. The fraction of sp³-hybridized carbons (Fsp3) is 0.217. The second-order valence-electron chi connectivity index (χ2n) is 7.75. The summed E-state index contributed by atoms with van der Waals surface area (Å²) in [7, 11) is 1.37. The van der Waals surface area contributed by atoms with Crippen molar-refractivity contribution in [2.75, 3.05) is 12.4 Å². The number of methoxy groups -OCH3 is 1. The van der Waals surface area contributed by atoms with Crippen LogP contribution in [0.2, 0.25) is 0 Å². The molecule has 0 saturated carbocycles. The standard InChI is InChI=1S/C23H19F3N4O5/c1-35-15-9-7-14(8-10-15)18(31)29-22(23(24,25)26)16-17(27-20(22)33)30(21(34)28-19(16)32)12-11-13-5-3-2-4-6-13/h2-10H,11-12H2,1H3,(H,27,33)(H,29,31)(H,28,32,34)/t22-/m1/s1. The van der Waals surface area contributed by atoms with Gasteiger partial charge in [-0.25, -0.2) is 4.79 Å². The van der Waals surface area contributed by atoms with Gasteiger partial charge in [-0.1, -0.05) is 30.3 Å². The Bertz CT molecular complexity index is 1400. The molecule has 4 rings (SSSR count). The zero-order valence-electron chi connectivity index (χ0n) is 18.2. The maximum Gasteiger partial charge on any atom is 0.425 e. The second-order valence-corrected chi connectivity index (χ2v) is 7.75. The van der Waals surface area contributed by atoms with E-state index in [4.69, 9.17) is 4.74 Å². The highest BCUT2D eigenvalue weighted by molar-refractivity contribution is 6.09. The molecule has 1 aliphatic heterocycles. The van der Waals surface area contributed by atoms with Crippen LogP contribution in [0.15, 0.2) is 64.2 Å². The Kier molecular flexibility index (Phi) is 5.97. The number of aromatic amines is 1. The van der Waals surface area contributed by atoms with Gasteiger partial charge in [0.15, 0.2) is 0 Å². The zero-order valence-corrected chi connectivity index (χ0v) is 18.2. The van der Waals surface area contributed by atoms with E-state index >= 15 is 0 Å². The van der Waals surface area contributed by atoms with Crippen LogP contribution < -0.4 is 26.6 Å². The van der Waals surface area contributed by atoms with Crippen molar-refractivity contribution in [3.05, 3.63) is 92.1 Å². The Morgan fingerprint density at radius 1 is 1.06 bits per heavy atom. The number of carbonyl (C=O) groups excluding carboxylic acids is 2. The number of ether oxygens (including phenoxy) is 1. The molecular formula is C23H19F3N4O5. The van der Waals surface area contributed by atoms with Crippen LogP contribution >= 0.6 is 0 Å². The summed E-state index contributed by atoms with van der Waals surface area (Å²) >= 11 is 0. The summed E-state index contributed by atoms with van der Waals surface area (Å²) in [4.78, 5) is 52.5. The minimum atomic E-state index is -5.42. The number of rotatable bonds is 6. The van der Waals surface area contributed by atoms with Crippen molar-refractivity contribution in [3.63, 3.8) is 0 Å². The van der Waals surface area contributed by atoms with E-state index in [2.05, 4.69) is 0 Å². The lowest BCUT2D eigenvalue weighted by Crippen LogP contribution is -2.62. The van der Waals surface area contributed by atoms with E-state index in [0.717, 1.165) is 10.1 Å². The number of aryl methyl sites for hydroxylation is 1. The smallest absolute Gasteiger partial charge is 0.425 e. The number of hydrogen-bond donors (Lipinski definition) is 3. The van der Waals surface area contributed by atoms with Crippen molar-refractivity contribution in [2.45, 2.75) is 24.7 Å². The van der Waals surface area contributed by atoms with Crippen LogP contribution in [0.3, 0.4) is 0 Å². The predicted molar refractivity (Wildman–Crippen MR) is 118 cm³/mol. The van der Waals surface area contributed by atoms with Gasteiger partial charge >= 0.3 is 11.9 Å². The number of nitrogens with zero attached hydrogens (tertiary/aromatic N) is 1. The molecule has 2 amide bonds. The summed E-state index contributed by atoms with van der Waals surface area (Å²) in [5, 5.41) is 3.71. The Labute approximate surface area is 195 Å². The molecule has 182 valence electrons. The number of benzene rings is 2. The summed E-state index contributed by atoms with van der Waals surface area (Å²) in [5.74, 6) is -3.22. The van der Waals surface area contributed by atoms with Gasteiger partial charge in [0, 0.05) is 12.1 Å². The Balaban J connectivity index is 1.80. The Hall–Kier alpha value is -4.35. The van der Waals surface area contributed by atoms with Gasteiger partial charge in [-0.15, -0.1) is 0 Å². The number of H-pyrrole nitrogens is 1. The van der Waals surface area contributed by atoms with E-state index in [-0.39, 0.29) is 18.5 Å². The Morgan fingerprint density at radius 2 is 1.71 bits per heavy atom. The molecule has 0 saturated heterocycles. The fourth-order valence-corrected chi connectivity index (χ4v) is 3.91. The first-order valence-electron chi connectivity index (χ1n) is 10.3. The van der Waals surface area contributed by atoms with Gasteiger partial charge in [0.2, 0.25) is 0 Å². The normalized spacial score (nSPS) is 17.0. The van der Waals surface area contributed by atoms with Gasteiger partial charge in [-0.3, -0.25) is 23.9 Å². The van der Waals surface area contributed by atoms with Crippen molar-refractivity contribution in [2.24, 2.45) is 0 Å². The van der Waals surface area contributed by atoms with Crippen LogP contribution in [-0.2, 0) is 23.3 Å². The highest BCUT2D eigenvalue weighted by Gasteiger charge is 2.68. The number of halogens is 3. The first kappa shape index (κ1) is 23.8. The van der Waals surface area contributed by atoms with E-state index in [9.17, 15) is 32.3 Å². The van der Waals surface area contributed by atoms with Gasteiger partial charge in [0.25, 0.3) is 22.9 Å². The van der Waals surface area contributed by atoms with Gasteiger partial charge in [-0.05, 0) is 36.2 Å². The minimum absolute atomic E-state index is 0.136. The lowest BCUT2D eigenvalue weighted by Gasteiger charge is -2.30. The SMILES string of the molecule is COc1ccc(C(=O)N[C@@]2(C(F)(F)F)C(=O)Nc3c2c(=O)[nH]c(=O)n3CCc2ccccc2)cc1. The molecule has 3 N–H and O–H groups in total. The van der Waals surface area contributed by atoms with Gasteiger partial charge < -0.3 is 15.4 Å². The third-order valence-corrected chi connectivity index (χ3v) is 5.69. The number of aromatic nitrogens is 2. The van der Waals surface area contributed by atoms with Crippen LogP contribution in [0.4, 0.5) is 19.0 Å². The van der Waals surface area contributed by atoms with E-state index in [0.29, 0.717) is 5.75 Å². The average molecular weight is 488 g/mol. The number of nitrogens with one attached hydrogen (secondary N) is 3. The molecule has 0 aliphatic carbocycles. The molecule has 0 unspecified atom stereocenters. The maximum absolute atomic E-state index is 14.5. The number of amides is 2. The molecule has 0 bridgehead atoms. The van der Waals surface area contributed by atoms with E-state index in [1.54, 1.807) is 35.6 Å². The third-order valence-electron chi connectivity index (χ3n) is 5.69. The molecular weight excluding hydrogens is 469 g/mol. The number of carbonyl (C=O) groups is 2. The van der Waals surface area contributed by atoms with Crippen molar-refractivity contribution in [1.29, 1.82) is 0 Å². The van der Waals surface area contributed by atoms with Gasteiger partial charge in [0.1, 0.15) is 17.1 Å². The molecule has 0 spiro atoms. The van der Waals surface area contributed by atoms with Crippen molar-refractivity contribution >= 4 is 17.6 Å². The van der Waals surface area contributed by atoms with Crippen molar-refractivity contribution in [1.82, 2.24) is 14.9 Å². The number of fused-ring (bicyclic) bond motifs is 1. The van der Waals surface area contributed by atoms with Gasteiger partial charge in [-0.2, -0.15) is 13.2 Å². The lowest BCUT2D eigenvalue weighted by atomic mass is 9.91. The molecule has 1 aliphatic rings. The molecule has 12 heteroatoms. The first-order chi connectivity index (χ1) is 16.6. The fourth-order valence-electron chi connectivity index (χ4n) is 3.91. The van der Waals surface area contributed by atoms with Crippen molar-refractivity contribution in [3.8, 4) is 5.75 Å². The molecule has 3 aromatic rings. The maximum atomic E-state index is 14.5. The van der Waals surface area contributed by atoms with E-state index < -0.39 is 46.2 Å². The van der Waals surface area contributed by atoms with Crippen LogP contribution in [0.1, 0.15) is 21.5 Å². The first-order valence-corrected chi connectivity index (χ1v) is 10.3. The van der Waals surface area contributed by atoms with Crippen LogP contribution in [0.25, 0.3) is 0 Å².